The minimum absolute atomic E-state index is 0.210. The second-order valence-corrected chi connectivity index (χ2v) is 4.67. The maximum atomic E-state index is 10.6. The number of aliphatic carboxylic acids is 1. The fraction of sp³-hybridized carbons (Fsp3) is 0.500. The molecule has 0 amide bonds. The first kappa shape index (κ1) is 12.8. The Morgan fingerprint density at radius 1 is 1.31 bits per heavy atom. The second-order valence-electron chi connectivity index (χ2n) is 4.67. The zero-order valence-electron chi connectivity index (χ0n) is 10.5. The predicted octanol–water partition coefficient (Wildman–Crippen LogP) is 3.44. The van der Waals surface area contributed by atoms with Crippen LogP contribution in [0.25, 0.3) is 0 Å². The van der Waals surface area contributed by atoms with E-state index in [0.717, 1.165) is 0 Å². The summed E-state index contributed by atoms with van der Waals surface area (Å²) in [6.07, 6.45) is 0.838. The molecule has 88 valence electrons. The monoisotopic (exact) mass is 220 g/mol. The quantitative estimate of drug-likeness (QED) is 0.843. The van der Waals surface area contributed by atoms with E-state index in [4.69, 9.17) is 5.11 Å². The van der Waals surface area contributed by atoms with Crippen LogP contribution in [0.1, 0.15) is 48.4 Å². The van der Waals surface area contributed by atoms with Crippen molar-refractivity contribution in [3.8, 4) is 0 Å². The SMILES string of the molecule is Cc1cc(C(C)C)cc(CCC(=O)O)c1C. The molecule has 0 radical (unpaired) electrons. The number of carboxylic acid groups (broad SMARTS) is 1. The molecule has 0 aliphatic rings. The van der Waals surface area contributed by atoms with Crippen molar-refractivity contribution in [2.45, 2.75) is 46.5 Å². The number of benzene rings is 1. The molecule has 0 atom stereocenters. The Hall–Kier alpha value is -1.31. The van der Waals surface area contributed by atoms with Crippen molar-refractivity contribution in [1.29, 1.82) is 0 Å². The molecule has 0 spiro atoms. The maximum Gasteiger partial charge on any atom is 0.303 e. The van der Waals surface area contributed by atoms with Crippen LogP contribution in [0.3, 0.4) is 0 Å². The van der Waals surface area contributed by atoms with Crippen LogP contribution in [0.2, 0.25) is 0 Å². The van der Waals surface area contributed by atoms with Crippen molar-refractivity contribution in [3.63, 3.8) is 0 Å². The molecule has 0 aromatic heterocycles. The molecule has 2 heteroatoms. The molecule has 1 aromatic rings. The van der Waals surface area contributed by atoms with Gasteiger partial charge in [-0.3, -0.25) is 4.79 Å². The molecule has 0 aliphatic carbocycles. The summed E-state index contributed by atoms with van der Waals surface area (Å²) in [5.41, 5.74) is 4.95. The average molecular weight is 220 g/mol. The zero-order valence-corrected chi connectivity index (χ0v) is 10.5. The molecular weight excluding hydrogens is 200 g/mol. The standard InChI is InChI=1S/C14H20O2/c1-9(2)13-7-10(3)11(4)12(8-13)5-6-14(15)16/h7-9H,5-6H2,1-4H3,(H,15,16). The molecule has 0 heterocycles. The number of aryl methyl sites for hydroxylation is 2. The Bertz CT molecular complexity index is 392. The highest BCUT2D eigenvalue weighted by molar-refractivity contribution is 5.67. The van der Waals surface area contributed by atoms with E-state index in [9.17, 15) is 4.79 Å². The summed E-state index contributed by atoms with van der Waals surface area (Å²) in [6, 6.07) is 4.35. The third kappa shape index (κ3) is 3.09. The highest BCUT2D eigenvalue weighted by atomic mass is 16.4. The fourth-order valence-corrected chi connectivity index (χ4v) is 1.80. The Morgan fingerprint density at radius 3 is 2.44 bits per heavy atom. The average Bonchev–Trinajstić information content (AvgIpc) is 2.19. The maximum absolute atomic E-state index is 10.6. The molecule has 1 N–H and O–H groups in total. The van der Waals surface area contributed by atoms with Gasteiger partial charge in [0, 0.05) is 6.42 Å². The van der Waals surface area contributed by atoms with Crippen molar-refractivity contribution in [2.24, 2.45) is 0 Å². The van der Waals surface area contributed by atoms with Crippen LogP contribution >= 0.6 is 0 Å². The Balaban J connectivity index is 3.01. The summed E-state index contributed by atoms with van der Waals surface area (Å²) in [5.74, 6) is -0.241. The molecule has 1 aromatic carbocycles. The van der Waals surface area contributed by atoms with Gasteiger partial charge in [-0.25, -0.2) is 0 Å². The first-order valence-electron chi connectivity index (χ1n) is 5.73. The minimum Gasteiger partial charge on any atom is -0.481 e. The highest BCUT2D eigenvalue weighted by Gasteiger charge is 2.08. The lowest BCUT2D eigenvalue weighted by atomic mass is 9.92. The number of rotatable bonds is 4. The fourth-order valence-electron chi connectivity index (χ4n) is 1.80. The largest absolute Gasteiger partial charge is 0.481 e. The first-order valence-corrected chi connectivity index (χ1v) is 5.73. The predicted molar refractivity (Wildman–Crippen MR) is 66.0 cm³/mol. The van der Waals surface area contributed by atoms with Gasteiger partial charge in [0.15, 0.2) is 0 Å². The topological polar surface area (TPSA) is 37.3 Å². The van der Waals surface area contributed by atoms with Crippen molar-refractivity contribution in [3.05, 3.63) is 34.4 Å². The Kier molecular flexibility index (Phi) is 4.11. The van der Waals surface area contributed by atoms with Crippen molar-refractivity contribution >= 4 is 5.97 Å². The van der Waals surface area contributed by atoms with E-state index in [1.54, 1.807) is 0 Å². The van der Waals surface area contributed by atoms with E-state index >= 15 is 0 Å². The summed E-state index contributed by atoms with van der Waals surface area (Å²) in [6.45, 7) is 8.47. The summed E-state index contributed by atoms with van der Waals surface area (Å²) in [7, 11) is 0. The molecule has 0 bridgehead atoms. The zero-order chi connectivity index (χ0) is 12.3. The molecule has 0 unspecified atom stereocenters. The van der Waals surface area contributed by atoms with Crippen LogP contribution in [0.4, 0.5) is 0 Å². The van der Waals surface area contributed by atoms with Crippen LogP contribution in [-0.2, 0) is 11.2 Å². The van der Waals surface area contributed by atoms with Gasteiger partial charge in [0.05, 0.1) is 0 Å². The van der Waals surface area contributed by atoms with Crippen molar-refractivity contribution < 1.29 is 9.90 Å². The van der Waals surface area contributed by atoms with E-state index in [1.807, 2.05) is 0 Å². The molecule has 16 heavy (non-hydrogen) atoms. The molecule has 2 nitrogen and oxygen atoms in total. The molecule has 0 saturated heterocycles. The smallest absolute Gasteiger partial charge is 0.303 e. The number of hydrogen-bond acceptors (Lipinski definition) is 1. The van der Waals surface area contributed by atoms with Crippen LogP contribution < -0.4 is 0 Å². The third-order valence-electron chi connectivity index (χ3n) is 3.07. The molecule has 1 rings (SSSR count). The van der Waals surface area contributed by atoms with E-state index in [2.05, 4.69) is 39.8 Å². The highest BCUT2D eigenvalue weighted by Crippen LogP contribution is 2.23. The number of carboxylic acids is 1. The van der Waals surface area contributed by atoms with Gasteiger partial charge in [0.2, 0.25) is 0 Å². The van der Waals surface area contributed by atoms with Gasteiger partial charge < -0.3 is 5.11 Å². The molecule has 0 saturated carbocycles. The van der Waals surface area contributed by atoms with Gasteiger partial charge in [0.1, 0.15) is 0 Å². The summed E-state index contributed by atoms with van der Waals surface area (Å²) in [5, 5.41) is 8.71. The third-order valence-corrected chi connectivity index (χ3v) is 3.07. The van der Waals surface area contributed by atoms with Crippen molar-refractivity contribution in [1.82, 2.24) is 0 Å². The van der Waals surface area contributed by atoms with Gasteiger partial charge >= 0.3 is 5.97 Å². The van der Waals surface area contributed by atoms with Crippen LogP contribution in [0.5, 0.6) is 0 Å². The van der Waals surface area contributed by atoms with Crippen LogP contribution in [0, 0.1) is 13.8 Å². The number of hydrogen-bond donors (Lipinski definition) is 1. The van der Waals surface area contributed by atoms with Gasteiger partial charge in [-0.1, -0.05) is 26.0 Å². The van der Waals surface area contributed by atoms with Gasteiger partial charge in [-0.15, -0.1) is 0 Å². The lowest BCUT2D eigenvalue weighted by Gasteiger charge is -2.13. The van der Waals surface area contributed by atoms with Crippen LogP contribution in [0.15, 0.2) is 12.1 Å². The second kappa shape index (κ2) is 5.15. The van der Waals surface area contributed by atoms with E-state index in [-0.39, 0.29) is 6.42 Å². The lowest BCUT2D eigenvalue weighted by Crippen LogP contribution is -2.02. The molecule has 0 aliphatic heterocycles. The summed E-state index contributed by atoms with van der Waals surface area (Å²) >= 11 is 0. The van der Waals surface area contributed by atoms with Gasteiger partial charge in [-0.05, 0) is 48.4 Å². The number of carbonyl (C=O) groups is 1. The van der Waals surface area contributed by atoms with E-state index < -0.39 is 5.97 Å². The van der Waals surface area contributed by atoms with Crippen LogP contribution in [-0.4, -0.2) is 11.1 Å². The molecule has 0 fully saturated rings. The normalized spacial score (nSPS) is 10.8. The lowest BCUT2D eigenvalue weighted by molar-refractivity contribution is -0.136. The Labute approximate surface area is 97.3 Å². The van der Waals surface area contributed by atoms with E-state index in [1.165, 1.54) is 22.3 Å². The van der Waals surface area contributed by atoms with E-state index in [0.29, 0.717) is 12.3 Å². The minimum atomic E-state index is -0.730. The van der Waals surface area contributed by atoms with Crippen molar-refractivity contribution in [2.75, 3.05) is 0 Å². The summed E-state index contributed by atoms with van der Waals surface area (Å²) in [4.78, 5) is 10.6. The Morgan fingerprint density at radius 2 is 1.94 bits per heavy atom. The molecular formula is C14H20O2. The van der Waals surface area contributed by atoms with Gasteiger partial charge in [0.25, 0.3) is 0 Å². The first-order chi connectivity index (χ1) is 7.41. The van der Waals surface area contributed by atoms with Gasteiger partial charge in [-0.2, -0.15) is 0 Å². The summed E-state index contributed by atoms with van der Waals surface area (Å²) < 4.78 is 0.